The van der Waals surface area contributed by atoms with Crippen LogP contribution in [0.2, 0.25) is 0 Å². The SMILES string of the molecule is C=C(C)C1CCC2(CNCCC(=O)N3CCSCC3)CCC3(C)C(CCC4C5(C)CC=C(c6ccc(C(=O)O)cc6)C(C)(C)C5CCC43C)C12. The second kappa shape index (κ2) is 13.1. The minimum Gasteiger partial charge on any atom is -0.478 e. The highest BCUT2D eigenvalue weighted by atomic mass is 32.2. The number of benzene rings is 1. The van der Waals surface area contributed by atoms with E-state index in [0.29, 0.717) is 63.7 Å². The lowest BCUT2D eigenvalue weighted by Crippen LogP contribution is -2.65. The topological polar surface area (TPSA) is 69.6 Å². The summed E-state index contributed by atoms with van der Waals surface area (Å²) >= 11 is 1.96. The number of carbonyl (C=O) groups excluding carboxylic acids is 1. The maximum Gasteiger partial charge on any atom is 0.335 e. The Kier molecular flexibility index (Phi) is 9.52. The maximum absolute atomic E-state index is 12.9. The predicted octanol–water partition coefficient (Wildman–Crippen LogP) is 9.59. The molecule has 1 amide bonds. The normalized spacial score (nSPS) is 40.5. The molecule has 5 fully saturated rings. The first-order chi connectivity index (χ1) is 23.7. The summed E-state index contributed by atoms with van der Waals surface area (Å²) in [6, 6.07) is 7.62. The van der Waals surface area contributed by atoms with Crippen LogP contribution in [0.15, 0.2) is 42.5 Å². The van der Waals surface area contributed by atoms with Crippen LogP contribution in [-0.2, 0) is 4.79 Å². The van der Waals surface area contributed by atoms with Gasteiger partial charge in [0.15, 0.2) is 0 Å². The first-order valence-electron chi connectivity index (χ1n) is 19.9. The number of aromatic carboxylic acids is 1. The van der Waals surface area contributed by atoms with Gasteiger partial charge in [-0.25, -0.2) is 4.79 Å². The lowest BCUT2D eigenvalue weighted by atomic mass is 9.32. The molecule has 9 atom stereocenters. The summed E-state index contributed by atoms with van der Waals surface area (Å²) in [5.74, 6) is 4.90. The van der Waals surface area contributed by atoms with E-state index in [1.807, 2.05) is 23.9 Å². The number of carboxylic acid groups (broad SMARTS) is 1. The number of amides is 1. The Morgan fingerprint density at radius 1 is 0.920 bits per heavy atom. The first kappa shape index (κ1) is 36.3. The van der Waals surface area contributed by atoms with Crippen LogP contribution in [0.4, 0.5) is 0 Å². The highest BCUT2D eigenvalue weighted by Gasteiger charge is 2.70. The van der Waals surface area contributed by atoms with Crippen LogP contribution in [0.5, 0.6) is 0 Å². The largest absolute Gasteiger partial charge is 0.478 e. The Morgan fingerprint density at radius 2 is 1.64 bits per heavy atom. The van der Waals surface area contributed by atoms with Gasteiger partial charge in [-0.05, 0) is 145 Å². The number of nitrogens with zero attached hydrogens (tertiary/aromatic N) is 1. The molecule has 4 saturated carbocycles. The third-order valence-corrected chi connectivity index (χ3v) is 17.6. The molecule has 9 unspecified atom stereocenters. The Balaban J connectivity index is 1.12. The maximum atomic E-state index is 12.9. The van der Waals surface area contributed by atoms with Crippen molar-refractivity contribution in [2.45, 2.75) is 106 Å². The van der Waals surface area contributed by atoms with Crippen molar-refractivity contribution >= 4 is 29.2 Å². The van der Waals surface area contributed by atoms with Crippen molar-refractivity contribution in [3.63, 3.8) is 0 Å². The van der Waals surface area contributed by atoms with E-state index in [1.165, 1.54) is 68.1 Å². The smallest absolute Gasteiger partial charge is 0.335 e. The van der Waals surface area contributed by atoms with Gasteiger partial charge in [-0.3, -0.25) is 4.79 Å². The lowest BCUT2D eigenvalue weighted by Gasteiger charge is -2.72. The molecule has 0 aromatic heterocycles. The van der Waals surface area contributed by atoms with Gasteiger partial charge in [0.1, 0.15) is 0 Å². The number of allylic oxidation sites excluding steroid dienone is 3. The molecule has 2 N–H and O–H groups in total. The molecule has 1 aromatic carbocycles. The minimum absolute atomic E-state index is 0.0229. The average Bonchev–Trinajstić information content (AvgIpc) is 3.47. The van der Waals surface area contributed by atoms with Crippen molar-refractivity contribution in [2.24, 2.45) is 56.7 Å². The summed E-state index contributed by atoms with van der Waals surface area (Å²) in [5.41, 5.74) is 5.52. The zero-order valence-electron chi connectivity index (χ0n) is 31.9. The van der Waals surface area contributed by atoms with Crippen molar-refractivity contribution in [3.8, 4) is 0 Å². The minimum atomic E-state index is -0.862. The number of hydrogen-bond acceptors (Lipinski definition) is 4. The third-order valence-electron chi connectivity index (χ3n) is 16.6. The fraction of sp³-hybridized carbons (Fsp3) is 0.727. The van der Waals surface area contributed by atoms with Gasteiger partial charge >= 0.3 is 5.97 Å². The standard InChI is InChI=1S/C44H64N2O3S/c1-29(2)32-14-20-44(28-45-23-17-37(47)46-24-26-50-27-25-46)22-21-42(6)34(38(32)44)12-13-36-41(5)18-15-33(30-8-10-31(11-9-30)39(48)49)40(3,4)35(41)16-19-43(36,42)7/h8-11,15,32,34-36,38,45H,1,12-14,16-28H2,2-7H3,(H,48,49). The van der Waals surface area contributed by atoms with Crippen LogP contribution in [-0.4, -0.2) is 59.6 Å². The van der Waals surface area contributed by atoms with E-state index >= 15 is 0 Å². The second-order valence-electron chi connectivity index (χ2n) is 18.9. The van der Waals surface area contributed by atoms with Gasteiger partial charge in [0.2, 0.25) is 5.91 Å². The second-order valence-corrected chi connectivity index (χ2v) is 20.1. The number of thioether (sulfide) groups is 1. The molecule has 0 bridgehead atoms. The van der Waals surface area contributed by atoms with Crippen LogP contribution < -0.4 is 5.32 Å². The molecule has 5 nitrogen and oxygen atoms in total. The molecule has 1 saturated heterocycles. The van der Waals surface area contributed by atoms with Crippen molar-refractivity contribution in [3.05, 3.63) is 53.6 Å². The third kappa shape index (κ3) is 5.58. The Hall–Kier alpha value is -2.05. The van der Waals surface area contributed by atoms with Crippen LogP contribution >= 0.6 is 11.8 Å². The van der Waals surface area contributed by atoms with E-state index in [9.17, 15) is 14.7 Å². The molecule has 6 aliphatic rings. The molecule has 0 spiro atoms. The fourth-order valence-corrected chi connectivity index (χ4v) is 14.9. The first-order valence-corrected chi connectivity index (χ1v) is 21.1. The van der Waals surface area contributed by atoms with Crippen molar-refractivity contribution in [1.29, 1.82) is 0 Å². The van der Waals surface area contributed by atoms with Gasteiger partial charge in [-0.2, -0.15) is 11.8 Å². The summed E-state index contributed by atoms with van der Waals surface area (Å²) in [6.45, 7) is 23.6. The Morgan fingerprint density at radius 3 is 2.32 bits per heavy atom. The zero-order valence-corrected chi connectivity index (χ0v) is 32.7. The van der Waals surface area contributed by atoms with E-state index in [4.69, 9.17) is 0 Å². The highest BCUT2D eigenvalue weighted by Crippen LogP contribution is 2.77. The van der Waals surface area contributed by atoms with E-state index in [2.05, 4.69) is 64.4 Å². The zero-order chi connectivity index (χ0) is 35.7. The lowest BCUT2D eigenvalue weighted by molar-refractivity contribution is -0.225. The highest BCUT2D eigenvalue weighted by molar-refractivity contribution is 7.99. The van der Waals surface area contributed by atoms with E-state index < -0.39 is 5.97 Å². The van der Waals surface area contributed by atoms with E-state index in [1.54, 1.807) is 12.1 Å². The molecular weight excluding hydrogens is 637 g/mol. The number of carbonyl (C=O) groups is 2. The number of hydrogen-bond donors (Lipinski definition) is 2. The number of nitrogens with one attached hydrogen (secondary N) is 1. The van der Waals surface area contributed by atoms with Gasteiger partial charge in [0.25, 0.3) is 0 Å². The molecule has 0 radical (unpaired) electrons. The monoisotopic (exact) mass is 700 g/mol. The molecular formula is C44H64N2O3S. The molecule has 1 aliphatic heterocycles. The number of fused-ring (bicyclic) bond motifs is 7. The molecule has 274 valence electrons. The summed E-state index contributed by atoms with van der Waals surface area (Å²) < 4.78 is 0. The Labute approximate surface area is 306 Å². The van der Waals surface area contributed by atoms with Crippen molar-refractivity contribution in [2.75, 3.05) is 37.7 Å². The summed E-state index contributed by atoms with van der Waals surface area (Å²) in [7, 11) is 0. The Bertz CT molecular complexity index is 1530. The van der Waals surface area contributed by atoms with Gasteiger partial charge in [0.05, 0.1) is 5.56 Å². The van der Waals surface area contributed by atoms with E-state index in [-0.39, 0.29) is 10.8 Å². The fourth-order valence-electron chi connectivity index (χ4n) is 14.0. The van der Waals surface area contributed by atoms with Gasteiger partial charge in [-0.15, -0.1) is 0 Å². The van der Waals surface area contributed by atoms with Crippen molar-refractivity contribution < 1.29 is 14.7 Å². The number of rotatable bonds is 8. The van der Waals surface area contributed by atoms with Gasteiger partial charge in [0, 0.05) is 44.1 Å². The predicted molar refractivity (Wildman–Crippen MR) is 207 cm³/mol. The number of carboxylic acids is 1. The molecule has 7 rings (SSSR count). The summed E-state index contributed by atoms with van der Waals surface area (Å²) in [4.78, 5) is 26.6. The van der Waals surface area contributed by atoms with Gasteiger partial charge in [-0.1, -0.05) is 65.0 Å². The summed E-state index contributed by atoms with van der Waals surface area (Å²) in [5, 5.41) is 13.4. The van der Waals surface area contributed by atoms with Crippen molar-refractivity contribution in [1.82, 2.24) is 10.2 Å². The molecule has 1 heterocycles. The molecule has 5 aliphatic carbocycles. The summed E-state index contributed by atoms with van der Waals surface area (Å²) in [6.07, 6.45) is 14.7. The van der Waals surface area contributed by atoms with Crippen LogP contribution in [0, 0.1) is 56.7 Å². The van der Waals surface area contributed by atoms with Crippen LogP contribution in [0.1, 0.15) is 122 Å². The quantitative estimate of drug-likeness (QED) is 0.209. The van der Waals surface area contributed by atoms with E-state index in [0.717, 1.165) is 44.1 Å². The van der Waals surface area contributed by atoms with Crippen LogP contribution in [0.25, 0.3) is 5.57 Å². The molecule has 50 heavy (non-hydrogen) atoms. The average molecular weight is 701 g/mol. The molecule has 6 heteroatoms. The van der Waals surface area contributed by atoms with Gasteiger partial charge < -0.3 is 15.3 Å². The molecule has 1 aromatic rings. The van der Waals surface area contributed by atoms with Crippen LogP contribution in [0.3, 0.4) is 0 Å².